The number of benzene rings is 3. The highest BCUT2D eigenvalue weighted by atomic mass is 79.9. The molecule has 1 atom stereocenters. The van der Waals surface area contributed by atoms with Crippen molar-refractivity contribution in [1.29, 1.82) is 0 Å². The number of carbonyl (C=O) groups excluding carboxylic acids is 2. The lowest BCUT2D eigenvalue weighted by molar-refractivity contribution is -0.385. The van der Waals surface area contributed by atoms with Crippen molar-refractivity contribution in [3.8, 4) is 5.75 Å². The number of ether oxygens (including phenoxy) is 1. The fourth-order valence-corrected chi connectivity index (χ4v) is 5.08. The number of aromatic nitrogens is 1. The van der Waals surface area contributed by atoms with Crippen LogP contribution >= 0.6 is 15.9 Å². The molecule has 1 unspecified atom stereocenters. The topological polar surface area (TPSA) is 126 Å². The van der Waals surface area contributed by atoms with E-state index < -0.39 is 28.4 Å². The second-order valence-electron chi connectivity index (χ2n) is 8.79. The van der Waals surface area contributed by atoms with E-state index in [4.69, 9.17) is 4.74 Å². The Morgan fingerprint density at radius 3 is 2.58 bits per heavy atom. The molecule has 1 saturated heterocycles. The van der Waals surface area contributed by atoms with Crippen molar-refractivity contribution >= 4 is 50.0 Å². The predicted molar refractivity (Wildman–Crippen MR) is 145 cm³/mol. The first-order valence-electron chi connectivity index (χ1n) is 11.7. The van der Waals surface area contributed by atoms with Crippen molar-refractivity contribution in [2.24, 2.45) is 0 Å². The van der Waals surface area contributed by atoms with Crippen LogP contribution in [0, 0.1) is 10.1 Å². The lowest BCUT2D eigenvalue weighted by Crippen LogP contribution is -2.32. The largest absolute Gasteiger partial charge is 0.507 e. The number of carbonyl (C=O) groups is 2. The van der Waals surface area contributed by atoms with Crippen molar-refractivity contribution < 1.29 is 24.4 Å². The Balaban J connectivity index is 1.60. The second-order valence-corrected chi connectivity index (χ2v) is 9.71. The molecule has 38 heavy (non-hydrogen) atoms. The first-order valence-corrected chi connectivity index (χ1v) is 12.5. The summed E-state index contributed by atoms with van der Waals surface area (Å²) in [4.78, 5) is 42.5. The average molecular weight is 576 g/mol. The summed E-state index contributed by atoms with van der Waals surface area (Å²) in [6, 6.07) is 17.0. The first kappa shape index (κ1) is 25.2. The fourth-order valence-electron chi connectivity index (χ4n) is 4.81. The van der Waals surface area contributed by atoms with Crippen LogP contribution in [0.3, 0.4) is 0 Å². The summed E-state index contributed by atoms with van der Waals surface area (Å²) < 4.78 is 6.10. The molecule has 1 amide bonds. The van der Waals surface area contributed by atoms with Gasteiger partial charge >= 0.3 is 0 Å². The van der Waals surface area contributed by atoms with Crippen LogP contribution in [0.15, 0.2) is 83.0 Å². The molecule has 10 heteroatoms. The van der Waals surface area contributed by atoms with E-state index in [-0.39, 0.29) is 23.4 Å². The van der Waals surface area contributed by atoms with E-state index in [1.54, 1.807) is 37.4 Å². The molecule has 192 valence electrons. The number of nitro benzene ring substituents is 1. The number of hydrogen-bond acceptors (Lipinski definition) is 6. The van der Waals surface area contributed by atoms with Gasteiger partial charge in [-0.2, -0.15) is 0 Å². The van der Waals surface area contributed by atoms with Gasteiger partial charge in [0.25, 0.3) is 17.4 Å². The molecule has 0 bridgehead atoms. The Kier molecular flexibility index (Phi) is 6.73. The fraction of sp³-hybridized carbons (Fsp3) is 0.143. The van der Waals surface area contributed by atoms with Crippen molar-refractivity contribution in [3.05, 3.63) is 110 Å². The minimum absolute atomic E-state index is 0.0859. The maximum atomic E-state index is 13.3. The van der Waals surface area contributed by atoms with Crippen LogP contribution in [0.2, 0.25) is 0 Å². The third kappa shape index (κ3) is 4.43. The Hall–Kier alpha value is -4.44. The van der Waals surface area contributed by atoms with Crippen molar-refractivity contribution in [2.75, 3.05) is 13.7 Å². The minimum atomic E-state index is -1.14. The monoisotopic (exact) mass is 575 g/mol. The van der Waals surface area contributed by atoms with Gasteiger partial charge in [-0.1, -0.05) is 40.2 Å². The van der Waals surface area contributed by atoms with Crippen LogP contribution in [-0.2, 0) is 16.0 Å². The molecule has 2 heterocycles. The van der Waals surface area contributed by atoms with Crippen LogP contribution in [0.25, 0.3) is 16.7 Å². The molecule has 2 N–H and O–H groups in total. The van der Waals surface area contributed by atoms with Crippen molar-refractivity contribution in [2.45, 2.75) is 12.5 Å². The van der Waals surface area contributed by atoms with Gasteiger partial charge < -0.3 is 19.7 Å². The standard InChI is InChI=1S/C28H22BrN3O6/c1-38-19-10-11-22-21(14-19)17(15-30-22)12-13-31-25(20-4-2-3-5-23(20)32(36)37)24(27(34)28(31)35)26(33)16-6-8-18(29)9-7-16/h2-11,14-15,25,30,33H,12-13H2,1H3/b26-24-. The number of nitrogens with zero attached hydrogens (tertiary/aromatic N) is 2. The zero-order chi connectivity index (χ0) is 27.0. The number of nitro groups is 1. The quantitative estimate of drug-likeness (QED) is 0.0983. The Labute approximate surface area is 225 Å². The molecule has 0 aliphatic carbocycles. The summed E-state index contributed by atoms with van der Waals surface area (Å²) in [7, 11) is 1.57. The summed E-state index contributed by atoms with van der Waals surface area (Å²) in [6.07, 6.45) is 2.18. The number of rotatable bonds is 7. The molecule has 1 aromatic heterocycles. The Bertz CT molecular complexity index is 1610. The molecule has 0 saturated carbocycles. The van der Waals surface area contributed by atoms with Crippen LogP contribution in [0.5, 0.6) is 5.75 Å². The number of amides is 1. The average Bonchev–Trinajstić information content (AvgIpc) is 3.44. The molecule has 4 aromatic rings. The van der Waals surface area contributed by atoms with E-state index in [1.165, 1.54) is 23.1 Å². The van der Waals surface area contributed by atoms with Gasteiger partial charge in [-0.3, -0.25) is 19.7 Å². The number of ketones is 1. The number of fused-ring (bicyclic) bond motifs is 1. The van der Waals surface area contributed by atoms with E-state index in [2.05, 4.69) is 20.9 Å². The number of hydrogen-bond donors (Lipinski definition) is 2. The number of aromatic amines is 1. The molecule has 0 spiro atoms. The van der Waals surface area contributed by atoms with Crippen LogP contribution < -0.4 is 4.74 Å². The van der Waals surface area contributed by atoms with Gasteiger partial charge in [0.1, 0.15) is 11.5 Å². The number of nitrogens with one attached hydrogen (secondary N) is 1. The molecule has 1 fully saturated rings. The van der Waals surface area contributed by atoms with Gasteiger partial charge in [-0.05, 0) is 48.4 Å². The number of methoxy groups -OCH3 is 1. The molecular formula is C28H22BrN3O6. The number of para-hydroxylation sites is 1. The van der Waals surface area contributed by atoms with E-state index in [0.717, 1.165) is 20.9 Å². The lowest BCUT2D eigenvalue weighted by atomic mass is 9.94. The molecular weight excluding hydrogens is 554 g/mol. The highest BCUT2D eigenvalue weighted by Gasteiger charge is 2.47. The lowest BCUT2D eigenvalue weighted by Gasteiger charge is -2.25. The number of aliphatic hydroxyl groups is 1. The summed E-state index contributed by atoms with van der Waals surface area (Å²) in [5.41, 5.74) is 1.80. The first-order chi connectivity index (χ1) is 18.3. The van der Waals surface area contributed by atoms with E-state index in [1.807, 2.05) is 24.4 Å². The molecule has 9 nitrogen and oxygen atoms in total. The highest BCUT2D eigenvalue weighted by molar-refractivity contribution is 9.10. The number of aliphatic hydroxyl groups excluding tert-OH is 1. The molecule has 3 aromatic carbocycles. The SMILES string of the molecule is COc1ccc2[nH]cc(CCN3C(=O)C(=O)/C(=C(\O)c4ccc(Br)cc4)C3c3ccccc3[N+](=O)[O-])c2c1. The summed E-state index contributed by atoms with van der Waals surface area (Å²) >= 11 is 3.34. The molecule has 1 aliphatic rings. The molecule has 1 aliphatic heterocycles. The second kappa shape index (κ2) is 10.1. The van der Waals surface area contributed by atoms with Crippen LogP contribution in [-0.4, -0.2) is 45.3 Å². The van der Waals surface area contributed by atoms with Gasteiger partial charge in [0.05, 0.1) is 29.2 Å². The Morgan fingerprint density at radius 2 is 1.87 bits per heavy atom. The van der Waals surface area contributed by atoms with Gasteiger partial charge in [-0.25, -0.2) is 0 Å². The normalized spacial score (nSPS) is 16.8. The number of H-pyrrole nitrogens is 1. The van der Waals surface area contributed by atoms with Crippen molar-refractivity contribution in [1.82, 2.24) is 9.88 Å². The van der Waals surface area contributed by atoms with E-state index >= 15 is 0 Å². The van der Waals surface area contributed by atoms with Gasteiger partial charge in [0.2, 0.25) is 0 Å². The zero-order valence-electron chi connectivity index (χ0n) is 20.2. The van der Waals surface area contributed by atoms with Gasteiger partial charge in [0.15, 0.2) is 0 Å². The smallest absolute Gasteiger partial charge is 0.295 e. The molecule has 0 radical (unpaired) electrons. The predicted octanol–water partition coefficient (Wildman–Crippen LogP) is 5.51. The third-order valence-electron chi connectivity index (χ3n) is 6.68. The van der Waals surface area contributed by atoms with Crippen LogP contribution in [0.1, 0.15) is 22.7 Å². The number of likely N-dealkylation sites (tertiary alicyclic amines) is 1. The van der Waals surface area contributed by atoms with E-state index in [0.29, 0.717) is 17.7 Å². The maximum absolute atomic E-state index is 13.3. The summed E-state index contributed by atoms with van der Waals surface area (Å²) in [5.74, 6) is -1.44. The van der Waals surface area contributed by atoms with Crippen LogP contribution in [0.4, 0.5) is 5.69 Å². The number of Topliss-reactive ketones (excluding diaryl/α,β-unsaturated/α-hetero) is 1. The summed E-state index contributed by atoms with van der Waals surface area (Å²) in [6.45, 7) is 0.0859. The molecule has 5 rings (SSSR count). The zero-order valence-corrected chi connectivity index (χ0v) is 21.8. The minimum Gasteiger partial charge on any atom is -0.507 e. The van der Waals surface area contributed by atoms with Crippen molar-refractivity contribution in [3.63, 3.8) is 0 Å². The Morgan fingerprint density at radius 1 is 1.13 bits per heavy atom. The van der Waals surface area contributed by atoms with Gasteiger partial charge in [-0.15, -0.1) is 0 Å². The van der Waals surface area contributed by atoms with E-state index in [9.17, 15) is 24.8 Å². The van der Waals surface area contributed by atoms with Gasteiger partial charge in [0, 0.05) is 39.7 Å². The third-order valence-corrected chi connectivity index (χ3v) is 7.21. The number of halogens is 1. The summed E-state index contributed by atoms with van der Waals surface area (Å²) in [5, 5.41) is 24.0. The maximum Gasteiger partial charge on any atom is 0.295 e. The highest BCUT2D eigenvalue weighted by Crippen LogP contribution is 2.42.